The van der Waals surface area contributed by atoms with Crippen molar-refractivity contribution in [2.45, 2.75) is 19.5 Å². The minimum absolute atomic E-state index is 0.0763. The number of aromatic nitrogens is 3. The van der Waals surface area contributed by atoms with E-state index in [-0.39, 0.29) is 5.56 Å². The van der Waals surface area contributed by atoms with Gasteiger partial charge in [0.25, 0.3) is 5.65 Å². The highest BCUT2D eigenvalue weighted by Gasteiger charge is 2.20. The summed E-state index contributed by atoms with van der Waals surface area (Å²) in [5.41, 5.74) is 3.23. The van der Waals surface area contributed by atoms with Gasteiger partial charge in [-0.2, -0.15) is 9.66 Å². The molecule has 0 radical (unpaired) electrons. The Hall–Kier alpha value is -3.10. The van der Waals surface area contributed by atoms with Gasteiger partial charge in [0, 0.05) is 41.2 Å². The van der Waals surface area contributed by atoms with E-state index in [4.69, 9.17) is 16.9 Å². The molecule has 27 heavy (non-hydrogen) atoms. The Morgan fingerprint density at radius 3 is 2.74 bits per heavy atom. The van der Waals surface area contributed by atoms with Crippen molar-refractivity contribution in [1.82, 2.24) is 8.97 Å². The summed E-state index contributed by atoms with van der Waals surface area (Å²) >= 11 is 5.96. The Labute approximate surface area is 161 Å². The van der Waals surface area contributed by atoms with Gasteiger partial charge in [-0.05, 0) is 12.1 Å². The predicted molar refractivity (Wildman–Crippen MR) is 106 cm³/mol. The van der Waals surface area contributed by atoms with Gasteiger partial charge in [-0.3, -0.25) is 0 Å². The number of rotatable bonds is 5. The smallest absolute Gasteiger partial charge is 0.346 e. The van der Waals surface area contributed by atoms with Crippen LogP contribution in [-0.2, 0) is 13.1 Å². The van der Waals surface area contributed by atoms with E-state index in [0.717, 1.165) is 22.1 Å². The number of para-hydroxylation sites is 1. The quantitative estimate of drug-likeness (QED) is 0.395. The molecule has 0 bridgehead atoms. The molecule has 4 aromatic rings. The van der Waals surface area contributed by atoms with Crippen LogP contribution in [-0.4, -0.2) is 14.8 Å². The molecule has 0 aliphatic carbocycles. The highest BCUT2D eigenvalue weighted by Crippen LogP contribution is 2.28. The number of hydrogen-bond acceptors (Lipinski definition) is 2. The van der Waals surface area contributed by atoms with Crippen molar-refractivity contribution in [2.24, 2.45) is 0 Å². The number of halogens is 1. The number of benzene rings is 1. The number of nitriles is 1. The summed E-state index contributed by atoms with van der Waals surface area (Å²) in [6.45, 7) is 1.20. The van der Waals surface area contributed by atoms with Crippen LogP contribution in [0, 0.1) is 11.3 Å². The molecule has 3 heterocycles. The molecule has 4 rings (SSSR count). The average Bonchev–Trinajstić information content (AvgIpc) is 3.07. The van der Waals surface area contributed by atoms with Crippen molar-refractivity contribution in [3.8, 4) is 17.2 Å². The van der Waals surface area contributed by atoms with Gasteiger partial charge in [0.05, 0.1) is 18.7 Å². The summed E-state index contributed by atoms with van der Waals surface area (Å²) in [7, 11) is 0. The number of nitrogens with zero attached hydrogens (tertiary/aromatic N) is 4. The largest absolute Gasteiger partial charge is 0.350 e. The van der Waals surface area contributed by atoms with Crippen LogP contribution in [0.4, 0.5) is 0 Å². The Kier molecular flexibility index (Phi) is 4.66. The average molecular weight is 378 g/mol. The third-order valence-electron chi connectivity index (χ3n) is 4.74. The fourth-order valence-corrected chi connectivity index (χ4v) is 3.70. The maximum absolute atomic E-state index is 13.2. The van der Waals surface area contributed by atoms with E-state index < -0.39 is 0 Å². The van der Waals surface area contributed by atoms with Gasteiger partial charge in [-0.25, -0.2) is 9.36 Å². The zero-order chi connectivity index (χ0) is 18.8. The van der Waals surface area contributed by atoms with Gasteiger partial charge in [0.1, 0.15) is 18.3 Å². The molecule has 0 aliphatic heterocycles. The van der Waals surface area contributed by atoms with Crippen LogP contribution < -0.4 is 10.1 Å². The van der Waals surface area contributed by atoms with Crippen LogP contribution in [0.2, 0.25) is 0 Å². The molecule has 1 aromatic carbocycles. The highest BCUT2D eigenvalue weighted by atomic mass is 35.5. The molecule has 5 nitrogen and oxygen atoms in total. The molecule has 0 saturated heterocycles. The summed E-state index contributed by atoms with van der Waals surface area (Å²) in [4.78, 5) is 13.2. The second-order valence-electron chi connectivity index (χ2n) is 6.32. The van der Waals surface area contributed by atoms with Crippen molar-refractivity contribution in [2.75, 3.05) is 5.88 Å². The van der Waals surface area contributed by atoms with Crippen molar-refractivity contribution in [3.63, 3.8) is 0 Å². The molecule has 0 atom stereocenters. The summed E-state index contributed by atoms with van der Waals surface area (Å²) in [6, 6.07) is 15.8. The minimum atomic E-state index is -0.0763. The second-order valence-corrected chi connectivity index (χ2v) is 6.70. The first-order valence-corrected chi connectivity index (χ1v) is 9.33. The summed E-state index contributed by atoms with van der Waals surface area (Å²) in [6.07, 6.45) is 6.00. The molecule has 0 saturated carbocycles. The van der Waals surface area contributed by atoms with Crippen LogP contribution in [0.3, 0.4) is 0 Å². The minimum Gasteiger partial charge on any atom is -0.346 e. The lowest BCUT2D eigenvalue weighted by Crippen LogP contribution is -2.40. The molecular weight excluding hydrogens is 360 g/mol. The van der Waals surface area contributed by atoms with Crippen LogP contribution in [0.5, 0.6) is 0 Å². The second kappa shape index (κ2) is 7.26. The SMILES string of the molecule is N#CCC[n+]1cc(-c2cn(CCCl)c3ccccc23)c(=O)n2ccccc21. The van der Waals surface area contributed by atoms with Gasteiger partial charge >= 0.3 is 5.56 Å². The molecule has 0 unspecified atom stereocenters. The third-order valence-corrected chi connectivity index (χ3v) is 4.90. The predicted octanol–water partition coefficient (Wildman–Crippen LogP) is 3.36. The van der Waals surface area contributed by atoms with E-state index in [1.807, 2.05) is 59.4 Å². The summed E-state index contributed by atoms with van der Waals surface area (Å²) < 4.78 is 5.69. The molecule has 0 N–H and O–H groups in total. The van der Waals surface area contributed by atoms with Crippen molar-refractivity contribution < 1.29 is 4.57 Å². The molecule has 6 heteroatoms. The lowest BCUT2D eigenvalue weighted by molar-refractivity contribution is -0.673. The Balaban J connectivity index is 2.02. The first-order valence-electron chi connectivity index (χ1n) is 8.79. The summed E-state index contributed by atoms with van der Waals surface area (Å²) in [5.74, 6) is 0.497. The Bertz CT molecular complexity index is 1230. The number of fused-ring (bicyclic) bond motifs is 2. The molecule has 0 aliphatic rings. The van der Waals surface area contributed by atoms with Crippen molar-refractivity contribution in [3.05, 3.63) is 71.4 Å². The standard InChI is InChI=1S/C21H18ClN4O/c22-9-13-24-14-17(16-6-1-2-7-19(16)24)18-15-25(11-5-10-23)20-8-3-4-12-26(20)21(18)27/h1-4,6-8,12,14-15H,5,9,11,13H2/q+1. The van der Waals surface area contributed by atoms with E-state index >= 15 is 0 Å². The number of aryl methyl sites for hydroxylation is 2. The Morgan fingerprint density at radius 1 is 1.11 bits per heavy atom. The lowest BCUT2D eigenvalue weighted by atomic mass is 10.1. The van der Waals surface area contributed by atoms with Gasteiger partial charge in [-0.15, -0.1) is 11.6 Å². The van der Waals surface area contributed by atoms with Crippen LogP contribution in [0.1, 0.15) is 6.42 Å². The number of hydrogen-bond donors (Lipinski definition) is 0. The van der Waals surface area contributed by atoms with Crippen molar-refractivity contribution in [1.29, 1.82) is 5.26 Å². The van der Waals surface area contributed by atoms with Crippen LogP contribution in [0.25, 0.3) is 27.7 Å². The topological polar surface area (TPSA) is 54.1 Å². The van der Waals surface area contributed by atoms with Crippen molar-refractivity contribution >= 4 is 28.2 Å². The van der Waals surface area contributed by atoms with E-state index in [0.29, 0.717) is 31.0 Å². The highest BCUT2D eigenvalue weighted by molar-refractivity contribution is 6.17. The molecule has 3 aromatic heterocycles. The lowest BCUT2D eigenvalue weighted by Gasteiger charge is -2.05. The number of pyridine rings is 1. The zero-order valence-corrected chi connectivity index (χ0v) is 15.4. The van der Waals surface area contributed by atoms with Gasteiger partial charge < -0.3 is 4.57 Å². The van der Waals surface area contributed by atoms with E-state index in [1.165, 1.54) is 0 Å². The monoisotopic (exact) mass is 377 g/mol. The zero-order valence-electron chi connectivity index (χ0n) is 14.7. The molecular formula is C21H18ClN4O+. The third kappa shape index (κ3) is 2.98. The fourth-order valence-electron chi connectivity index (χ4n) is 3.52. The first kappa shape index (κ1) is 17.3. The number of alkyl halides is 1. The Morgan fingerprint density at radius 2 is 1.93 bits per heavy atom. The van der Waals surface area contributed by atoms with Crippen LogP contribution >= 0.6 is 11.6 Å². The first-order chi connectivity index (χ1) is 13.2. The van der Waals surface area contributed by atoms with Gasteiger partial charge in [0.2, 0.25) is 0 Å². The molecule has 0 spiro atoms. The van der Waals surface area contributed by atoms with E-state index in [1.54, 1.807) is 10.6 Å². The molecule has 0 amide bonds. The van der Waals surface area contributed by atoms with Gasteiger partial charge in [0.15, 0.2) is 0 Å². The normalized spacial score (nSPS) is 11.1. The van der Waals surface area contributed by atoms with E-state index in [9.17, 15) is 4.79 Å². The summed E-state index contributed by atoms with van der Waals surface area (Å²) in [5, 5.41) is 10.0. The van der Waals surface area contributed by atoms with Crippen LogP contribution in [0.15, 0.2) is 65.8 Å². The molecule has 134 valence electrons. The fraction of sp³-hybridized carbons (Fsp3) is 0.190. The van der Waals surface area contributed by atoms with E-state index in [2.05, 4.69) is 10.6 Å². The van der Waals surface area contributed by atoms with Gasteiger partial charge in [-0.1, -0.05) is 24.3 Å². The maximum Gasteiger partial charge on any atom is 0.350 e. The maximum atomic E-state index is 13.2. The molecule has 0 fully saturated rings.